The number of hydrogen-bond acceptors (Lipinski definition) is 4. The average Bonchev–Trinajstić information content (AvgIpc) is 2.60. The molecule has 0 bridgehead atoms. The molecule has 1 amide bonds. The first-order valence-corrected chi connectivity index (χ1v) is 10.3. The molecule has 0 aromatic heterocycles. The van der Waals surface area contributed by atoms with E-state index in [0.29, 0.717) is 18.0 Å². The Bertz CT molecular complexity index is 822. The van der Waals surface area contributed by atoms with Gasteiger partial charge in [-0.1, -0.05) is 42.5 Å². The fraction of sp³-hybridized carbons (Fsp3) is 0.316. The van der Waals surface area contributed by atoms with E-state index in [9.17, 15) is 13.2 Å². The van der Waals surface area contributed by atoms with Crippen molar-refractivity contribution in [3.63, 3.8) is 0 Å². The standard InChI is InChI=1S/C19H24N2O4S/c1-3-25-18-12-8-7-11-17(18)20-19(22)13-14-21(26(2,23)24)15-16-9-5-4-6-10-16/h4-12H,3,13-15H2,1-2H3,(H,20,22). The molecule has 0 heterocycles. The van der Waals surface area contributed by atoms with Gasteiger partial charge in [-0.2, -0.15) is 4.31 Å². The van der Waals surface area contributed by atoms with E-state index in [1.165, 1.54) is 4.31 Å². The van der Waals surface area contributed by atoms with Crippen LogP contribution in [-0.2, 0) is 21.4 Å². The predicted octanol–water partition coefficient (Wildman–Crippen LogP) is 2.88. The third-order valence-corrected chi connectivity index (χ3v) is 4.97. The molecule has 0 saturated carbocycles. The van der Waals surface area contributed by atoms with Crippen LogP contribution in [0.2, 0.25) is 0 Å². The lowest BCUT2D eigenvalue weighted by molar-refractivity contribution is -0.116. The van der Waals surface area contributed by atoms with Gasteiger partial charge in [0.25, 0.3) is 0 Å². The lowest BCUT2D eigenvalue weighted by Crippen LogP contribution is -2.32. The van der Waals surface area contributed by atoms with Crippen LogP contribution in [0.15, 0.2) is 54.6 Å². The Hall–Kier alpha value is -2.38. The van der Waals surface area contributed by atoms with Gasteiger partial charge in [0.2, 0.25) is 15.9 Å². The molecule has 0 atom stereocenters. The van der Waals surface area contributed by atoms with E-state index in [1.807, 2.05) is 43.3 Å². The fourth-order valence-corrected chi connectivity index (χ4v) is 3.25. The largest absolute Gasteiger partial charge is 0.492 e. The molecule has 0 aliphatic carbocycles. The van der Waals surface area contributed by atoms with Crippen molar-refractivity contribution in [1.29, 1.82) is 0 Å². The molecule has 0 saturated heterocycles. The first-order valence-electron chi connectivity index (χ1n) is 8.41. The Morgan fingerprint density at radius 1 is 1.08 bits per heavy atom. The van der Waals surface area contributed by atoms with Crippen molar-refractivity contribution in [2.45, 2.75) is 19.9 Å². The van der Waals surface area contributed by atoms with Gasteiger partial charge in [-0.15, -0.1) is 0 Å². The van der Waals surface area contributed by atoms with Crippen molar-refractivity contribution >= 4 is 21.6 Å². The lowest BCUT2D eigenvalue weighted by Gasteiger charge is -2.20. The molecule has 1 N–H and O–H groups in total. The number of anilines is 1. The number of para-hydroxylation sites is 2. The summed E-state index contributed by atoms with van der Waals surface area (Å²) in [5.41, 5.74) is 1.45. The number of hydrogen-bond donors (Lipinski definition) is 1. The summed E-state index contributed by atoms with van der Waals surface area (Å²) in [5, 5.41) is 2.78. The number of carbonyl (C=O) groups excluding carboxylic acids is 1. The Kier molecular flexibility index (Phi) is 7.17. The van der Waals surface area contributed by atoms with Crippen molar-refractivity contribution in [3.05, 3.63) is 60.2 Å². The lowest BCUT2D eigenvalue weighted by atomic mass is 10.2. The SMILES string of the molecule is CCOc1ccccc1NC(=O)CCN(Cc1ccccc1)S(C)(=O)=O. The van der Waals surface area contributed by atoms with Crippen LogP contribution in [0.1, 0.15) is 18.9 Å². The van der Waals surface area contributed by atoms with Gasteiger partial charge < -0.3 is 10.1 Å². The molecule has 0 aliphatic heterocycles. The van der Waals surface area contributed by atoms with Crippen molar-refractivity contribution in [2.75, 3.05) is 24.7 Å². The number of sulfonamides is 1. The van der Waals surface area contributed by atoms with Crippen LogP contribution in [0.4, 0.5) is 5.69 Å². The van der Waals surface area contributed by atoms with Crippen LogP contribution in [0.3, 0.4) is 0 Å². The molecule has 6 nitrogen and oxygen atoms in total. The molecule has 0 aliphatic rings. The molecule has 0 fully saturated rings. The second kappa shape index (κ2) is 9.35. The predicted molar refractivity (Wildman–Crippen MR) is 103 cm³/mol. The van der Waals surface area contributed by atoms with E-state index in [0.717, 1.165) is 11.8 Å². The van der Waals surface area contributed by atoms with Crippen molar-refractivity contribution in [3.8, 4) is 5.75 Å². The fourth-order valence-electron chi connectivity index (χ4n) is 2.44. The maximum atomic E-state index is 12.3. The van der Waals surface area contributed by atoms with E-state index < -0.39 is 10.0 Å². The van der Waals surface area contributed by atoms with Crippen LogP contribution in [0.25, 0.3) is 0 Å². The third-order valence-electron chi connectivity index (χ3n) is 3.72. The van der Waals surface area contributed by atoms with Crippen LogP contribution >= 0.6 is 0 Å². The molecule has 26 heavy (non-hydrogen) atoms. The maximum absolute atomic E-state index is 12.3. The number of nitrogens with one attached hydrogen (secondary N) is 1. The summed E-state index contributed by atoms with van der Waals surface area (Å²) in [4.78, 5) is 12.3. The highest BCUT2D eigenvalue weighted by molar-refractivity contribution is 7.88. The summed E-state index contributed by atoms with van der Waals surface area (Å²) in [6, 6.07) is 16.5. The summed E-state index contributed by atoms with van der Waals surface area (Å²) in [6.45, 7) is 2.71. The van der Waals surface area contributed by atoms with Crippen molar-refractivity contribution in [1.82, 2.24) is 4.31 Å². The zero-order valence-corrected chi connectivity index (χ0v) is 15.8. The van der Waals surface area contributed by atoms with Gasteiger partial charge in [0.15, 0.2) is 0 Å². The topological polar surface area (TPSA) is 75.7 Å². The van der Waals surface area contributed by atoms with Crippen molar-refractivity contribution in [2.24, 2.45) is 0 Å². The molecule has 2 rings (SSSR count). The molecular weight excluding hydrogens is 352 g/mol. The van der Waals surface area contributed by atoms with Gasteiger partial charge in [0, 0.05) is 19.5 Å². The van der Waals surface area contributed by atoms with Gasteiger partial charge in [0.05, 0.1) is 18.6 Å². The van der Waals surface area contributed by atoms with Gasteiger partial charge in [-0.25, -0.2) is 8.42 Å². The van der Waals surface area contributed by atoms with E-state index in [-0.39, 0.29) is 25.4 Å². The zero-order valence-electron chi connectivity index (χ0n) is 15.0. The monoisotopic (exact) mass is 376 g/mol. The first kappa shape index (κ1) is 19.9. The van der Waals surface area contributed by atoms with E-state index >= 15 is 0 Å². The Morgan fingerprint density at radius 3 is 2.38 bits per heavy atom. The molecule has 2 aromatic carbocycles. The third kappa shape index (κ3) is 6.16. The van der Waals surface area contributed by atoms with Gasteiger partial charge >= 0.3 is 0 Å². The van der Waals surface area contributed by atoms with Crippen LogP contribution < -0.4 is 10.1 Å². The molecule has 2 aromatic rings. The smallest absolute Gasteiger partial charge is 0.225 e. The maximum Gasteiger partial charge on any atom is 0.225 e. The number of ether oxygens (including phenoxy) is 1. The number of benzene rings is 2. The first-order chi connectivity index (χ1) is 12.4. The van der Waals surface area contributed by atoms with E-state index in [4.69, 9.17) is 4.74 Å². The quantitative estimate of drug-likeness (QED) is 0.730. The molecule has 140 valence electrons. The summed E-state index contributed by atoms with van der Waals surface area (Å²) in [5.74, 6) is 0.325. The van der Waals surface area contributed by atoms with Gasteiger partial charge in [0.1, 0.15) is 5.75 Å². The molecule has 0 radical (unpaired) electrons. The van der Waals surface area contributed by atoms with E-state index in [1.54, 1.807) is 18.2 Å². The van der Waals surface area contributed by atoms with Crippen LogP contribution in [-0.4, -0.2) is 38.0 Å². The Morgan fingerprint density at radius 2 is 1.73 bits per heavy atom. The number of rotatable bonds is 9. The highest BCUT2D eigenvalue weighted by atomic mass is 32.2. The average molecular weight is 376 g/mol. The van der Waals surface area contributed by atoms with Crippen LogP contribution in [0.5, 0.6) is 5.75 Å². The normalized spacial score (nSPS) is 11.3. The van der Waals surface area contributed by atoms with E-state index in [2.05, 4.69) is 5.32 Å². The number of carbonyl (C=O) groups is 1. The molecular formula is C19H24N2O4S. The van der Waals surface area contributed by atoms with Gasteiger partial charge in [-0.05, 0) is 24.6 Å². The number of amides is 1. The minimum absolute atomic E-state index is 0.0559. The van der Waals surface area contributed by atoms with Gasteiger partial charge in [-0.3, -0.25) is 4.79 Å². The Balaban J connectivity index is 1.99. The minimum Gasteiger partial charge on any atom is -0.492 e. The molecule has 0 spiro atoms. The summed E-state index contributed by atoms with van der Waals surface area (Å²) in [7, 11) is -3.42. The summed E-state index contributed by atoms with van der Waals surface area (Å²) in [6.07, 6.45) is 1.21. The molecule has 7 heteroatoms. The minimum atomic E-state index is -3.42. The zero-order chi connectivity index (χ0) is 19.0. The summed E-state index contributed by atoms with van der Waals surface area (Å²) < 4.78 is 30.8. The second-order valence-corrected chi connectivity index (χ2v) is 7.79. The summed E-state index contributed by atoms with van der Waals surface area (Å²) >= 11 is 0. The second-order valence-electron chi connectivity index (χ2n) is 5.81. The highest BCUT2D eigenvalue weighted by Crippen LogP contribution is 2.23. The Labute approximate surface area is 154 Å². The van der Waals surface area contributed by atoms with Crippen molar-refractivity contribution < 1.29 is 17.9 Å². The number of nitrogens with zero attached hydrogens (tertiary/aromatic N) is 1. The highest BCUT2D eigenvalue weighted by Gasteiger charge is 2.18. The molecule has 0 unspecified atom stereocenters. The van der Waals surface area contributed by atoms with Crippen LogP contribution in [0, 0.1) is 0 Å².